The average Bonchev–Trinajstić information content (AvgIpc) is 2.37. The van der Waals surface area contributed by atoms with E-state index in [4.69, 9.17) is 4.74 Å². The van der Waals surface area contributed by atoms with Crippen molar-refractivity contribution in [2.24, 2.45) is 0 Å². The van der Waals surface area contributed by atoms with E-state index in [1.807, 2.05) is 30.3 Å². The number of benzene rings is 2. The number of aliphatic hydroxyl groups is 1. The largest absolute Gasteiger partial charge is 0.489 e. The smallest absolute Gasteiger partial charge is 0.126 e. The predicted molar refractivity (Wildman–Crippen MR) is 72.4 cm³/mol. The molecule has 0 saturated carbocycles. The normalized spacial score (nSPS) is 11.4. The van der Waals surface area contributed by atoms with Crippen LogP contribution in [0, 0.1) is 5.82 Å². The lowest BCUT2D eigenvalue weighted by atomic mass is 9.97. The lowest BCUT2D eigenvalue weighted by Crippen LogP contribution is -2.17. The quantitative estimate of drug-likeness (QED) is 0.909. The molecule has 2 rings (SSSR count). The zero-order valence-corrected chi connectivity index (χ0v) is 11.1. The second-order valence-electron chi connectivity index (χ2n) is 4.97. The minimum absolute atomic E-state index is 0.384. The van der Waals surface area contributed by atoms with Crippen molar-refractivity contribution in [1.29, 1.82) is 0 Å². The molecule has 2 aromatic rings. The second-order valence-corrected chi connectivity index (χ2v) is 4.97. The molecule has 0 bridgehead atoms. The highest BCUT2D eigenvalue weighted by Gasteiger charge is 2.21. The van der Waals surface area contributed by atoms with Gasteiger partial charge in [0.1, 0.15) is 18.2 Å². The summed E-state index contributed by atoms with van der Waals surface area (Å²) in [6.45, 7) is 3.60. The van der Waals surface area contributed by atoms with Crippen LogP contribution in [-0.4, -0.2) is 5.11 Å². The Balaban J connectivity index is 2.21. The Hall–Kier alpha value is -1.87. The predicted octanol–water partition coefficient (Wildman–Crippen LogP) is 3.63. The minimum Gasteiger partial charge on any atom is -0.489 e. The van der Waals surface area contributed by atoms with Crippen LogP contribution in [0.3, 0.4) is 0 Å². The van der Waals surface area contributed by atoms with Gasteiger partial charge in [-0.05, 0) is 37.6 Å². The summed E-state index contributed by atoms with van der Waals surface area (Å²) in [7, 11) is 0. The molecule has 100 valence electrons. The Labute approximate surface area is 112 Å². The summed E-state index contributed by atoms with van der Waals surface area (Å²) in [6, 6.07) is 13.9. The van der Waals surface area contributed by atoms with Gasteiger partial charge in [0.25, 0.3) is 0 Å². The van der Waals surface area contributed by atoms with Gasteiger partial charge in [0, 0.05) is 5.56 Å². The molecule has 0 spiro atoms. The summed E-state index contributed by atoms with van der Waals surface area (Å²) in [4.78, 5) is 0. The van der Waals surface area contributed by atoms with Gasteiger partial charge in [0.05, 0.1) is 5.60 Å². The molecule has 0 aliphatic carbocycles. The Kier molecular flexibility index (Phi) is 3.86. The molecule has 0 unspecified atom stereocenters. The van der Waals surface area contributed by atoms with E-state index in [0.29, 0.717) is 17.9 Å². The van der Waals surface area contributed by atoms with Crippen LogP contribution in [0.4, 0.5) is 4.39 Å². The van der Waals surface area contributed by atoms with Crippen molar-refractivity contribution in [2.45, 2.75) is 26.1 Å². The average molecular weight is 260 g/mol. The molecular formula is C16H17FO2. The van der Waals surface area contributed by atoms with E-state index >= 15 is 0 Å². The van der Waals surface area contributed by atoms with Gasteiger partial charge in [-0.2, -0.15) is 0 Å². The first kappa shape index (κ1) is 13.6. The highest BCUT2D eigenvalue weighted by Crippen LogP contribution is 2.30. The molecule has 0 aliphatic heterocycles. The van der Waals surface area contributed by atoms with Crippen LogP contribution in [0.15, 0.2) is 48.5 Å². The van der Waals surface area contributed by atoms with Crippen molar-refractivity contribution in [1.82, 2.24) is 0 Å². The van der Waals surface area contributed by atoms with Crippen molar-refractivity contribution < 1.29 is 14.2 Å². The highest BCUT2D eigenvalue weighted by atomic mass is 19.1. The Bertz CT molecular complexity index is 544. The van der Waals surface area contributed by atoms with E-state index in [1.54, 1.807) is 19.9 Å². The topological polar surface area (TPSA) is 29.5 Å². The van der Waals surface area contributed by atoms with Gasteiger partial charge in [0.15, 0.2) is 0 Å². The standard InChI is InChI=1S/C16H17FO2/c1-16(2,18)14-10-13(17)8-9-15(14)19-11-12-6-4-3-5-7-12/h3-10,18H,11H2,1-2H3. The molecule has 0 fully saturated rings. The summed E-state index contributed by atoms with van der Waals surface area (Å²) in [5.41, 5.74) is 0.325. The van der Waals surface area contributed by atoms with Gasteiger partial charge >= 0.3 is 0 Å². The Morgan fingerprint density at radius 1 is 1.11 bits per heavy atom. The zero-order valence-electron chi connectivity index (χ0n) is 11.1. The summed E-state index contributed by atoms with van der Waals surface area (Å²) in [6.07, 6.45) is 0. The first-order chi connectivity index (χ1) is 8.97. The number of hydrogen-bond acceptors (Lipinski definition) is 2. The van der Waals surface area contributed by atoms with Crippen LogP contribution in [0.1, 0.15) is 25.0 Å². The molecule has 1 N–H and O–H groups in total. The van der Waals surface area contributed by atoms with E-state index in [2.05, 4.69) is 0 Å². The van der Waals surface area contributed by atoms with Gasteiger partial charge in [-0.25, -0.2) is 4.39 Å². The lowest BCUT2D eigenvalue weighted by molar-refractivity contribution is 0.0739. The number of rotatable bonds is 4. The fourth-order valence-electron chi connectivity index (χ4n) is 1.84. The van der Waals surface area contributed by atoms with E-state index in [0.717, 1.165) is 5.56 Å². The molecule has 19 heavy (non-hydrogen) atoms. The third-order valence-electron chi connectivity index (χ3n) is 2.84. The summed E-state index contributed by atoms with van der Waals surface area (Å²) < 4.78 is 19.0. The van der Waals surface area contributed by atoms with Crippen molar-refractivity contribution in [2.75, 3.05) is 0 Å². The van der Waals surface area contributed by atoms with Crippen LogP contribution in [0.5, 0.6) is 5.75 Å². The minimum atomic E-state index is -1.14. The zero-order chi connectivity index (χ0) is 13.9. The van der Waals surface area contributed by atoms with Gasteiger partial charge in [0.2, 0.25) is 0 Å². The van der Waals surface area contributed by atoms with E-state index < -0.39 is 5.60 Å². The van der Waals surface area contributed by atoms with E-state index in [-0.39, 0.29) is 5.82 Å². The van der Waals surface area contributed by atoms with Crippen molar-refractivity contribution in [3.05, 3.63) is 65.5 Å². The monoisotopic (exact) mass is 260 g/mol. The number of hydrogen-bond donors (Lipinski definition) is 1. The van der Waals surface area contributed by atoms with Crippen molar-refractivity contribution >= 4 is 0 Å². The molecule has 0 saturated heterocycles. The van der Waals surface area contributed by atoms with Gasteiger partial charge in [-0.1, -0.05) is 30.3 Å². The summed E-state index contributed by atoms with van der Waals surface area (Å²) >= 11 is 0. The Morgan fingerprint density at radius 2 is 1.79 bits per heavy atom. The molecule has 0 atom stereocenters. The number of halogens is 1. The van der Waals surface area contributed by atoms with Crippen molar-refractivity contribution in [3.8, 4) is 5.75 Å². The first-order valence-corrected chi connectivity index (χ1v) is 6.16. The maximum absolute atomic E-state index is 13.3. The fraction of sp³-hybridized carbons (Fsp3) is 0.250. The third kappa shape index (κ3) is 3.55. The highest BCUT2D eigenvalue weighted by molar-refractivity contribution is 5.38. The Morgan fingerprint density at radius 3 is 2.42 bits per heavy atom. The second kappa shape index (κ2) is 5.41. The number of ether oxygens (including phenoxy) is 1. The molecule has 0 heterocycles. The van der Waals surface area contributed by atoms with Crippen LogP contribution in [0.2, 0.25) is 0 Å². The van der Waals surface area contributed by atoms with Crippen molar-refractivity contribution in [3.63, 3.8) is 0 Å². The molecule has 2 nitrogen and oxygen atoms in total. The van der Waals surface area contributed by atoms with E-state index in [9.17, 15) is 9.50 Å². The SMILES string of the molecule is CC(C)(O)c1cc(F)ccc1OCc1ccccc1. The molecule has 3 heteroatoms. The maximum Gasteiger partial charge on any atom is 0.126 e. The van der Waals surface area contributed by atoms with Gasteiger partial charge in [-0.3, -0.25) is 0 Å². The van der Waals surface area contributed by atoms with Gasteiger partial charge < -0.3 is 9.84 Å². The molecule has 0 aliphatic rings. The maximum atomic E-state index is 13.3. The fourth-order valence-corrected chi connectivity index (χ4v) is 1.84. The summed E-state index contributed by atoms with van der Waals surface area (Å²) in [5.74, 6) is 0.113. The van der Waals surface area contributed by atoms with Crippen LogP contribution in [0.25, 0.3) is 0 Å². The molecular weight excluding hydrogens is 243 g/mol. The first-order valence-electron chi connectivity index (χ1n) is 6.16. The van der Waals surface area contributed by atoms with Crippen LogP contribution in [-0.2, 0) is 12.2 Å². The van der Waals surface area contributed by atoms with Crippen LogP contribution < -0.4 is 4.74 Å². The van der Waals surface area contributed by atoms with Gasteiger partial charge in [-0.15, -0.1) is 0 Å². The molecule has 0 aromatic heterocycles. The third-order valence-corrected chi connectivity index (χ3v) is 2.84. The van der Waals surface area contributed by atoms with E-state index in [1.165, 1.54) is 12.1 Å². The lowest BCUT2D eigenvalue weighted by Gasteiger charge is -2.21. The molecule has 0 amide bonds. The van der Waals surface area contributed by atoms with Crippen LogP contribution >= 0.6 is 0 Å². The molecule has 2 aromatic carbocycles. The molecule has 0 radical (unpaired) electrons. The summed E-state index contributed by atoms with van der Waals surface area (Å²) in [5, 5.41) is 10.0.